The van der Waals surface area contributed by atoms with E-state index in [-0.39, 0.29) is 5.69 Å². The lowest BCUT2D eigenvalue weighted by atomic mass is 10.1. The first-order valence-electron chi connectivity index (χ1n) is 6.90. The van der Waals surface area contributed by atoms with Crippen molar-refractivity contribution in [1.82, 2.24) is 15.0 Å². The van der Waals surface area contributed by atoms with Crippen LogP contribution in [0.25, 0.3) is 16.9 Å². The number of hydrogen-bond acceptors (Lipinski definition) is 3. The molecule has 0 aliphatic rings. The average Bonchev–Trinajstić information content (AvgIpc) is 2.96. The Balaban J connectivity index is 2.23. The summed E-state index contributed by atoms with van der Waals surface area (Å²) in [5.74, 6) is -1.93. The van der Waals surface area contributed by atoms with Gasteiger partial charge in [0.1, 0.15) is 11.8 Å². The Morgan fingerprint density at radius 1 is 1.00 bits per heavy atom. The maximum atomic E-state index is 13.5. The Morgan fingerprint density at radius 3 is 2.43 bits per heavy atom. The molecule has 0 amide bonds. The van der Waals surface area contributed by atoms with Gasteiger partial charge in [-0.05, 0) is 55.3 Å². The summed E-state index contributed by atoms with van der Waals surface area (Å²) in [4.78, 5) is 0. The van der Waals surface area contributed by atoms with Crippen molar-refractivity contribution in [2.24, 2.45) is 0 Å². The Kier molecular flexibility index (Phi) is 3.62. The Morgan fingerprint density at radius 2 is 1.78 bits per heavy atom. The van der Waals surface area contributed by atoms with Crippen molar-refractivity contribution in [2.75, 3.05) is 0 Å². The SMILES string of the molecule is Cc1ccc(-n2nnc(C#N)c2-c2ccc(F)c(F)c2)cc1C. The van der Waals surface area contributed by atoms with Crippen LogP contribution in [0.3, 0.4) is 0 Å². The number of aromatic nitrogens is 3. The molecule has 0 bridgehead atoms. The highest BCUT2D eigenvalue weighted by Crippen LogP contribution is 2.27. The van der Waals surface area contributed by atoms with E-state index in [9.17, 15) is 14.0 Å². The average molecular weight is 310 g/mol. The maximum Gasteiger partial charge on any atom is 0.191 e. The molecule has 0 fully saturated rings. The molecule has 1 heterocycles. The van der Waals surface area contributed by atoms with E-state index in [4.69, 9.17) is 0 Å². The van der Waals surface area contributed by atoms with Crippen LogP contribution in [0.2, 0.25) is 0 Å². The van der Waals surface area contributed by atoms with Gasteiger partial charge in [-0.3, -0.25) is 0 Å². The van der Waals surface area contributed by atoms with E-state index in [2.05, 4.69) is 10.3 Å². The molecule has 0 atom stereocenters. The second-order valence-corrected chi connectivity index (χ2v) is 5.21. The van der Waals surface area contributed by atoms with E-state index < -0.39 is 11.6 Å². The lowest BCUT2D eigenvalue weighted by Gasteiger charge is -2.09. The molecule has 0 radical (unpaired) electrons. The van der Waals surface area contributed by atoms with E-state index in [1.807, 2.05) is 38.1 Å². The van der Waals surface area contributed by atoms with Crippen LogP contribution < -0.4 is 0 Å². The highest BCUT2D eigenvalue weighted by atomic mass is 19.2. The van der Waals surface area contributed by atoms with Crippen molar-refractivity contribution in [2.45, 2.75) is 13.8 Å². The predicted octanol–water partition coefficient (Wildman–Crippen LogP) is 3.70. The first kappa shape index (κ1) is 14.9. The van der Waals surface area contributed by atoms with Gasteiger partial charge in [0.15, 0.2) is 17.3 Å². The number of nitriles is 1. The summed E-state index contributed by atoms with van der Waals surface area (Å²) in [5, 5.41) is 17.0. The minimum Gasteiger partial charge on any atom is -0.211 e. The monoisotopic (exact) mass is 310 g/mol. The van der Waals surface area contributed by atoms with Crippen LogP contribution in [-0.2, 0) is 0 Å². The number of hydrogen-bond donors (Lipinski definition) is 0. The van der Waals surface area contributed by atoms with Crippen molar-refractivity contribution in [3.63, 3.8) is 0 Å². The molecule has 0 spiro atoms. The van der Waals surface area contributed by atoms with E-state index >= 15 is 0 Å². The van der Waals surface area contributed by atoms with Gasteiger partial charge in [0.25, 0.3) is 0 Å². The summed E-state index contributed by atoms with van der Waals surface area (Å²) in [5.41, 5.74) is 3.57. The van der Waals surface area contributed by atoms with Crippen LogP contribution in [-0.4, -0.2) is 15.0 Å². The van der Waals surface area contributed by atoms with Crippen LogP contribution in [0.15, 0.2) is 36.4 Å². The van der Waals surface area contributed by atoms with Crippen LogP contribution in [0.5, 0.6) is 0 Å². The summed E-state index contributed by atoms with van der Waals surface area (Å²) >= 11 is 0. The summed E-state index contributed by atoms with van der Waals surface area (Å²) < 4.78 is 28.2. The van der Waals surface area contributed by atoms with Gasteiger partial charge in [-0.1, -0.05) is 11.3 Å². The summed E-state index contributed by atoms with van der Waals surface area (Å²) in [6, 6.07) is 11.0. The van der Waals surface area contributed by atoms with Crippen LogP contribution in [0, 0.1) is 36.8 Å². The van der Waals surface area contributed by atoms with Crippen molar-refractivity contribution in [3.05, 3.63) is 64.9 Å². The van der Waals surface area contributed by atoms with Crippen LogP contribution in [0.1, 0.15) is 16.8 Å². The van der Waals surface area contributed by atoms with Gasteiger partial charge in [-0.15, -0.1) is 5.10 Å². The molecule has 6 heteroatoms. The summed E-state index contributed by atoms with van der Waals surface area (Å²) in [6.07, 6.45) is 0. The fourth-order valence-electron chi connectivity index (χ4n) is 2.30. The summed E-state index contributed by atoms with van der Waals surface area (Å²) in [6.45, 7) is 3.94. The van der Waals surface area contributed by atoms with Gasteiger partial charge in [-0.2, -0.15) is 5.26 Å². The second-order valence-electron chi connectivity index (χ2n) is 5.21. The molecule has 0 saturated carbocycles. The quantitative estimate of drug-likeness (QED) is 0.725. The molecule has 4 nitrogen and oxygen atoms in total. The topological polar surface area (TPSA) is 54.5 Å². The van der Waals surface area contributed by atoms with E-state index in [1.54, 1.807) is 0 Å². The Bertz CT molecular complexity index is 938. The van der Waals surface area contributed by atoms with Gasteiger partial charge >= 0.3 is 0 Å². The number of nitrogens with zero attached hydrogens (tertiary/aromatic N) is 4. The highest BCUT2D eigenvalue weighted by molar-refractivity contribution is 5.67. The lowest BCUT2D eigenvalue weighted by Crippen LogP contribution is -2.01. The molecule has 0 saturated heterocycles. The van der Waals surface area contributed by atoms with Crippen LogP contribution in [0.4, 0.5) is 8.78 Å². The third kappa shape index (κ3) is 2.57. The lowest BCUT2D eigenvalue weighted by molar-refractivity contribution is 0.509. The Hall–Kier alpha value is -3.07. The second kappa shape index (κ2) is 5.61. The number of benzene rings is 2. The minimum absolute atomic E-state index is 0.0502. The summed E-state index contributed by atoms with van der Waals surface area (Å²) in [7, 11) is 0. The molecule has 0 aliphatic carbocycles. The number of halogens is 2. The van der Waals surface area contributed by atoms with Crippen molar-refractivity contribution >= 4 is 0 Å². The standard InChI is InChI=1S/C17H12F2N4/c1-10-3-5-13(7-11(10)2)23-17(16(9-20)21-22-23)12-4-6-14(18)15(19)8-12/h3-8H,1-2H3. The van der Waals surface area contributed by atoms with Gasteiger partial charge in [0.2, 0.25) is 0 Å². The number of rotatable bonds is 2. The minimum atomic E-state index is -0.987. The molecule has 2 aromatic carbocycles. The smallest absolute Gasteiger partial charge is 0.191 e. The predicted molar refractivity (Wildman–Crippen MR) is 80.9 cm³/mol. The fourth-order valence-corrected chi connectivity index (χ4v) is 2.30. The van der Waals surface area contributed by atoms with Crippen molar-refractivity contribution in [3.8, 4) is 23.0 Å². The van der Waals surface area contributed by atoms with Gasteiger partial charge in [0.05, 0.1) is 5.69 Å². The van der Waals surface area contributed by atoms with E-state index in [0.717, 1.165) is 23.3 Å². The van der Waals surface area contributed by atoms with E-state index in [1.165, 1.54) is 10.7 Å². The molecule has 1 aromatic heterocycles. The molecule has 23 heavy (non-hydrogen) atoms. The van der Waals surface area contributed by atoms with E-state index in [0.29, 0.717) is 16.9 Å². The molecule has 3 rings (SSSR count). The molecular weight excluding hydrogens is 298 g/mol. The molecule has 114 valence electrons. The maximum absolute atomic E-state index is 13.5. The van der Waals surface area contributed by atoms with Crippen molar-refractivity contribution in [1.29, 1.82) is 5.26 Å². The molecule has 0 unspecified atom stereocenters. The molecule has 0 N–H and O–H groups in total. The molecule has 3 aromatic rings. The third-order valence-corrected chi connectivity index (χ3v) is 3.70. The normalized spacial score (nSPS) is 10.6. The number of aryl methyl sites for hydroxylation is 2. The largest absolute Gasteiger partial charge is 0.211 e. The molecule has 0 aliphatic heterocycles. The van der Waals surface area contributed by atoms with Gasteiger partial charge in [-0.25, -0.2) is 13.5 Å². The van der Waals surface area contributed by atoms with Crippen LogP contribution >= 0.6 is 0 Å². The third-order valence-electron chi connectivity index (χ3n) is 3.70. The van der Waals surface area contributed by atoms with Gasteiger partial charge < -0.3 is 0 Å². The zero-order valence-electron chi connectivity index (χ0n) is 12.5. The zero-order valence-corrected chi connectivity index (χ0v) is 12.5. The highest BCUT2D eigenvalue weighted by Gasteiger charge is 2.18. The Labute approximate surface area is 131 Å². The molecular formula is C17H12F2N4. The first-order valence-corrected chi connectivity index (χ1v) is 6.90. The zero-order chi connectivity index (χ0) is 16.6. The van der Waals surface area contributed by atoms with Crippen molar-refractivity contribution < 1.29 is 8.78 Å². The first-order chi connectivity index (χ1) is 11.0. The van der Waals surface area contributed by atoms with Gasteiger partial charge in [0, 0.05) is 5.56 Å². The fraction of sp³-hybridized carbons (Fsp3) is 0.118.